The number of carbonyl (C=O) groups is 1. The van der Waals surface area contributed by atoms with Crippen LogP contribution in [0.2, 0.25) is 0 Å². The van der Waals surface area contributed by atoms with Crippen molar-refractivity contribution < 1.29 is 13.9 Å². The lowest BCUT2D eigenvalue weighted by molar-refractivity contribution is -0.145. The number of nitrogens with zero attached hydrogens (tertiary/aromatic N) is 1. The normalized spacial score (nSPS) is 12.0. The molecular weight excluding hydrogens is 247 g/mol. The largest absolute Gasteiger partial charge is 0.465 e. The number of carbonyl (C=O) groups excluding carboxylic acids is 1. The molecule has 0 saturated carbocycles. The van der Waals surface area contributed by atoms with E-state index in [1.807, 2.05) is 11.8 Å². The lowest BCUT2D eigenvalue weighted by atomic mass is 10.2. The minimum atomic E-state index is -0.398. The summed E-state index contributed by atoms with van der Waals surface area (Å²) in [5.74, 6) is -0.541. The first-order chi connectivity index (χ1) is 9.12. The molecule has 1 unspecified atom stereocenters. The number of rotatable bonds is 7. The molecule has 0 aromatic heterocycles. The number of hydrogen-bond donors (Lipinski definition) is 1. The number of likely N-dealkylation sites (N-methyl/N-ethyl adjacent to an activating group) is 2. The van der Waals surface area contributed by atoms with Crippen molar-refractivity contribution in [3.8, 4) is 0 Å². The van der Waals surface area contributed by atoms with E-state index in [9.17, 15) is 9.18 Å². The summed E-state index contributed by atoms with van der Waals surface area (Å²) in [4.78, 5) is 13.7. The molecule has 0 amide bonds. The van der Waals surface area contributed by atoms with E-state index in [1.54, 1.807) is 26.1 Å². The molecule has 1 aromatic rings. The van der Waals surface area contributed by atoms with Gasteiger partial charge in [-0.1, -0.05) is 0 Å². The number of esters is 1. The lowest BCUT2D eigenvalue weighted by Crippen LogP contribution is -2.45. The van der Waals surface area contributed by atoms with Crippen LogP contribution < -0.4 is 10.2 Å². The summed E-state index contributed by atoms with van der Waals surface area (Å²) in [6.45, 7) is 5.34. The highest BCUT2D eigenvalue weighted by molar-refractivity contribution is 5.76. The minimum Gasteiger partial charge on any atom is -0.465 e. The third kappa shape index (κ3) is 4.52. The molecule has 0 fully saturated rings. The van der Waals surface area contributed by atoms with Crippen molar-refractivity contribution in [3.63, 3.8) is 0 Å². The Kier molecular flexibility index (Phi) is 6.29. The molecular formula is C14H21FN2O2. The zero-order valence-corrected chi connectivity index (χ0v) is 11.6. The first-order valence-electron chi connectivity index (χ1n) is 6.46. The van der Waals surface area contributed by atoms with Gasteiger partial charge in [0.1, 0.15) is 11.9 Å². The van der Waals surface area contributed by atoms with Crippen LogP contribution in [0.25, 0.3) is 0 Å². The first kappa shape index (κ1) is 15.4. The zero-order chi connectivity index (χ0) is 14.3. The van der Waals surface area contributed by atoms with E-state index in [4.69, 9.17) is 4.74 Å². The van der Waals surface area contributed by atoms with Gasteiger partial charge in [0.2, 0.25) is 0 Å². The van der Waals surface area contributed by atoms with Gasteiger partial charge in [-0.25, -0.2) is 4.39 Å². The molecule has 0 aliphatic carbocycles. The van der Waals surface area contributed by atoms with E-state index in [2.05, 4.69) is 5.32 Å². The number of benzene rings is 1. The van der Waals surface area contributed by atoms with Crippen LogP contribution in [0.4, 0.5) is 10.1 Å². The van der Waals surface area contributed by atoms with Gasteiger partial charge in [0, 0.05) is 18.8 Å². The Balaban J connectivity index is 2.74. The van der Waals surface area contributed by atoms with E-state index in [1.165, 1.54) is 12.1 Å². The molecule has 0 bridgehead atoms. The molecule has 1 atom stereocenters. The SMILES string of the molecule is CCOC(=O)C(CN(CC)c1ccc(F)cc1)NC. The molecule has 0 aliphatic rings. The molecule has 106 valence electrons. The maximum absolute atomic E-state index is 12.9. The van der Waals surface area contributed by atoms with Crippen LogP contribution in [-0.2, 0) is 9.53 Å². The van der Waals surface area contributed by atoms with Crippen molar-refractivity contribution >= 4 is 11.7 Å². The molecule has 4 nitrogen and oxygen atoms in total. The fourth-order valence-electron chi connectivity index (χ4n) is 1.82. The molecule has 0 saturated heterocycles. The van der Waals surface area contributed by atoms with E-state index in [0.717, 1.165) is 12.2 Å². The summed E-state index contributed by atoms with van der Waals surface area (Å²) in [5, 5.41) is 2.94. The Hall–Kier alpha value is -1.62. The molecule has 5 heteroatoms. The number of ether oxygens (including phenoxy) is 1. The molecule has 19 heavy (non-hydrogen) atoms. The highest BCUT2D eigenvalue weighted by Crippen LogP contribution is 2.15. The van der Waals surface area contributed by atoms with Gasteiger partial charge in [-0.3, -0.25) is 4.79 Å². The van der Waals surface area contributed by atoms with E-state index < -0.39 is 6.04 Å². The van der Waals surface area contributed by atoms with E-state index in [0.29, 0.717) is 13.2 Å². The molecule has 0 heterocycles. The average Bonchev–Trinajstić information content (AvgIpc) is 2.42. The molecule has 1 N–H and O–H groups in total. The number of halogens is 1. The smallest absolute Gasteiger partial charge is 0.324 e. The Morgan fingerprint density at radius 3 is 2.47 bits per heavy atom. The maximum Gasteiger partial charge on any atom is 0.324 e. The Labute approximate surface area is 113 Å². The van der Waals surface area contributed by atoms with Gasteiger partial charge >= 0.3 is 5.97 Å². The number of anilines is 1. The standard InChI is InChI=1S/C14H21FN2O2/c1-4-17(12-8-6-11(15)7-9-12)10-13(16-3)14(18)19-5-2/h6-9,13,16H,4-5,10H2,1-3H3. The topological polar surface area (TPSA) is 41.6 Å². The quantitative estimate of drug-likeness (QED) is 0.766. The second-order valence-electron chi connectivity index (χ2n) is 4.11. The van der Waals surface area contributed by atoms with Crippen molar-refractivity contribution in [1.82, 2.24) is 5.32 Å². The van der Waals surface area contributed by atoms with Crippen molar-refractivity contribution in [1.29, 1.82) is 0 Å². The van der Waals surface area contributed by atoms with Crippen LogP contribution in [0.5, 0.6) is 0 Å². The van der Waals surface area contributed by atoms with Gasteiger partial charge in [0.05, 0.1) is 6.61 Å². The first-order valence-corrected chi connectivity index (χ1v) is 6.46. The zero-order valence-electron chi connectivity index (χ0n) is 11.6. The van der Waals surface area contributed by atoms with Crippen LogP contribution in [0.3, 0.4) is 0 Å². The summed E-state index contributed by atoms with van der Waals surface area (Å²) < 4.78 is 17.9. The molecule has 0 aliphatic heterocycles. The van der Waals surface area contributed by atoms with E-state index >= 15 is 0 Å². The summed E-state index contributed by atoms with van der Waals surface area (Å²) in [7, 11) is 1.72. The van der Waals surface area contributed by atoms with Gasteiger partial charge in [0.15, 0.2) is 0 Å². The highest BCUT2D eigenvalue weighted by atomic mass is 19.1. The Bertz CT molecular complexity index is 395. The van der Waals surface area contributed by atoms with Gasteiger partial charge in [0.25, 0.3) is 0 Å². The van der Waals surface area contributed by atoms with Gasteiger partial charge in [-0.15, -0.1) is 0 Å². The Morgan fingerprint density at radius 1 is 1.37 bits per heavy atom. The monoisotopic (exact) mass is 268 g/mol. The van der Waals surface area contributed by atoms with Crippen LogP contribution in [0.15, 0.2) is 24.3 Å². The molecule has 0 radical (unpaired) electrons. The van der Waals surface area contributed by atoms with Crippen molar-refractivity contribution in [2.75, 3.05) is 31.6 Å². The van der Waals surface area contributed by atoms with Crippen LogP contribution in [0, 0.1) is 5.82 Å². The average molecular weight is 268 g/mol. The summed E-state index contributed by atoms with van der Waals surface area (Å²) in [5.41, 5.74) is 0.883. The number of hydrogen-bond acceptors (Lipinski definition) is 4. The van der Waals surface area contributed by atoms with Crippen molar-refractivity contribution in [2.24, 2.45) is 0 Å². The second kappa shape index (κ2) is 7.74. The fourth-order valence-corrected chi connectivity index (χ4v) is 1.82. The van der Waals surface area contributed by atoms with E-state index in [-0.39, 0.29) is 11.8 Å². The third-order valence-corrected chi connectivity index (χ3v) is 2.90. The van der Waals surface area contributed by atoms with Crippen LogP contribution >= 0.6 is 0 Å². The third-order valence-electron chi connectivity index (χ3n) is 2.90. The second-order valence-corrected chi connectivity index (χ2v) is 4.11. The van der Waals surface area contributed by atoms with Gasteiger partial charge < -0.3 is 15.0 Å². The summed E-state index contributed by atoms with van der Waals surface area (Å²) in [6.07, 6.45) is 0. The van der Waals surface area contributed by atoms with Crippen molar-refractivity contribution in [3.05, 3.63) is 30.1 Å². The molecule has 0 spiro atoms. The summed E-state index contributed by atoms with van der Waals surface area (Å²) in [6, 6.07) is 5.84. The fraction of sp³-hybridized carbons (Fsp3) is 0.500. The van der Waals surface area contributed by atoms with Crippen LogP contribution in [0.1, 0.15) is 13.8 Å². The predicted octanol–water partition coefficient (Wildman–Crippen LogP) is 1.80. The predicted molar refractivity (Wildman–Crippen MR) is 73.8 cm³/mol. The maximum atomic E-state index is 12.9. The Morgan fingerprint density at radius 2 is 2.00 bits per heavy atom. The highest BCUT2D eigenvalue weighted by Gasteiger charge is 2.20. The van der Waals surface area contributed by atoms with Gasteiger partial charge in [-0.05, 0) is 45.2 Å². The van der Waals surface area contributed by atoms with Crippen LogP contribution in [-0.4, -0.2) is 38.8 Å². The number of nitrogens with one attached hydrogen (secondary N) is 1. The molecule has 1 aromatic carbocycles. The van der Waals surface area contributed by atoms with Gasteiger partial charge in [-0.2, -0.15) is 0 Å². The lowest BCUT2D eigenvalue weighted by Gasteiger charge is -2.27. The summed E-state index contributed by atoms with van der Waals surface area (Å²) >= 11 is 0. The minimum absolute atomic E-state index is 0.268. The molecule has 1 rings (SSSR count). The van der Waals surface area contributed by atoms with Crippen molar-refractivity contribution in [2.45, 2.75) is 19.9 Å².